The third-order valence-corrected chi connectivity index (χ3v) is 4.78. The first-order valence-electron chi connectivity index (χ1n) is 8.80. The highest BCUT2D eigenvalue weighted by Crippen LogP contribution is 2.29. The van der Waals surface area contributed by atoms with Gasteiger partial charge in [0.2, 0.25) is 0 Å². The molecule has 2 heteroatoms. The smallest absolute Gasteiger partial charge is 0.176 e. The van der Waals surface area contributed by atoms with Crippen LogP contribution in [0.5, 0.6) is 0 Å². The van der Waals surface area contributed by atoms with Crippen molar-refractivity contribution in [3.05, 3.63) is 71.8 Å². The largest absolute Gasteiger partial charge is 0.369 e. The van der Waals surface area contributed by atoms with Gasteiger partial charge in [0.05, 0.1) is 6.04 Å². The maximum Gasteiger partial charge on any atom is 0.176 e. The molecule has 1 heterocycles. The number of piperidine rings is 1. The molecule has 0 saturated carbocycles. The van der Waals surface area contributed by atoms with Crippen molar-refractivity contribution < 1.29 is 5.11 Å². The maximum atomic E-state index is 11.4. The first-order chi connectivity index (χ1) is 11.7. The van der Waals surface area contributed by atoms with Gasteiger partial charge in [-0.25, -0.2) is 0 Å². The van der Waals surface area contributed by atoms with Crippen LogP contribution >= 0.6 is 0 Å². The molecule has 1 N–H and O–H groups in total. The van der Waals surface area contributed by atoms with Crippen molar-refractivity contribution >= 4 is 0 Å². The van der Waals surface area contributed by atoms with Crippen LogP contribution in [0.3, 0.4) is 0 Å². The van der Waals surface area contributed by atoms with Crippen molar-refractivity contribution in [2.45, 2.75) is 37.8 Å². The molecule has 2 nitrogen and oxygen atoms in total. The standard InChI is InChI=1S/C22H25NO/c1-19(23-17-9-4-10-18-23)15-16-22(24,20-11-5-2-6-12-20)21-13-7-3-8-14-21/h2-3,5-8,11-14,19,24H,4,9-10,17-18H2,1H3. The van der Waals surface area contributed by atoms with Gasteiger partial charge in [-0.1, -0.05) is 78.9 Å². The van der Waals surface area contributed by atoms with E-state index in [0.717, 1.165) is 24.2 Å². The number of hydrogen-bond acceptors (Lipinski definition) is 2. The minimum Gasteiger partial charge on any atom is -0.369 e. The van der Waals surface area contributed by atoms with E-state index in [1.807, 2.05) is 60.7 Å². The molecular weight excluding hydrogens is 294 g/mol. The van der Waals surface area contributed by atoms with Gasteiger partial charge in [0.25, 0.3) is 0 Å². The molecular formula is C22H25NO. The molecule has 1 unspecified atom stereocenters. The lowest BCUT2D eigenvalue weighted by atomic mass is 9.86. The molecule has 3 rings (SSSR count). The van der Waals surface area contributed by atoms with Crippen molar-refractivity contribution in [2.75, 3.05) is 13.1 Å². The third kappa shape index (κ3) is 3.70. The Morgan fingerprint density at radius 3 is 1.88 bits per heavy atom. The van der Waals surface area contributed by atoms with E-state index in [0.29, 0.717) is 0 Å². The molecule has 0 radical (unpaired) electrons. The zero-order chi connectivity index (χ0) is 16.8. The summed E-state index contributed by atoms with van der Waals surface area (Å²) in [5.41, 5.74) is 0.358. The molecule has 0 aliphatic carbocycles. The van der Waals surface area contributed by atoms with E-state index in [1.54, 1.807) is 0 Å². The number of rotatable bonds is 3. The summed E-state index contributed by atoms with van der Waals surface area (Å²) < 4.78 is 0. The first kappa shape index (κ1) is 16.8. The minimum absolute atomic E-state index is 0.157. The normalized spacial score (nSPS) is 16.9. The molecule has 2 aromatic rings. The average Bonchev–Trinajstić information content (AvgIpc) is 2.68. The van der Waals surface area contributed by atoms with Gasteiger partial charge in [0.15, 0.2) is 5.60 Å². The van der Waals surface area contributed by atoms with E-state index in [-0.39, 0.29) is 6.04 Å². The van der Waals surface area contributed by atoms with Crippen molar-refractivity contribution in [2.24, 2.45) is 0 Å². The number of hydrogen-bond donors (Lipinski definition) is 1. The second-order valence-corrected chi connectivity index (χ2v) is 6.48. The second kappa shape index (κ2) is 7.66. The monoisotopic (exact) mass is 319 g/mol. The summed E-state index contributed by atoms with van der Waals surface area (Å²) in [4.78, 5) is 2.41. The average molecular weight is 319 g/mol. The van der Waals surface area contributed by atoms with Crippen LogP contribution in [-0.2, 0) is 5.60 Å². The minimum atomic E-state index is -1.27. The fourth-order valence-corrected chi connectivity index (χ4v) is 3.28. The van der Waals surface area contributed by atoms with Gasteiger partial charge in [-0.15, -0.1) is 0 Å². The van der Waals surface area contributed by atoms with Crippen molar-refractivity contribution in [1.82, 2.24) is 4.90 Å². The predicted octanol–water partition coefficient (Wildman–Crippen LogP) is 3.80. The van der Waals surface area contributed by atoms with E-state index in [9.17, 15) is 5.11 Å². The lowest BCUT2D eigenvalue weighted by molar-refractivity contribution is 0.144. The molecule has 1 atom stereocenters. The Bertz CT molecular complexity index is 653. The molecule has 2 aromatic carbocycles. The molecule has 24 heavy (non-hydrogen) atoms. The Kier molecular flexibility index (Phi) is 5.35. The summed E-state index contributed by atoms with van der Waals surface area (Å²) in [6.45, 7) is 4.34. The van der Waals surface area contributed by atoms with E-state index >= 15 is 0 Å². The zero-order valence-electron chi connectivity index (χ0n) is 14.3. The summed E-state index contributed by atoms with van der Waals surface area (Å²) >= 11 is 0. The summed E-state index contributed by atoms with van der Waals surface area (Å²) in [7, 11) is 0. The van der Waals surface area contributed by atoms with Gasteiger partial charge < -0.3 is 5.11 Å². The Morgan fingerprint density at radius 2 is 1.38 bits per heavy atom. The summed E-state index contributed by atoms with van der Waals surface area (Å²) in [5, 5.41) is 11.4. The Balaban J connectivity index is 1.93. The lowest BCUT2D eigenvalue weighted by Crippen LogP contribution is -2.37. The van der Waals surface area contributed by atoms with E-state index in [2.05, 4.69) is 23.7 Å². The highest BCUT2D eigenvalue weighted by Gasteiger charge is 2.29. The van der Waals surface area contributed by atoms with Gasteiger partial charge in [0, 0.05) is 11.1 Å². The van der Waals surface area contributed by atoms with Crippen LogP contribution in [0.15, 0.2) is 60.7 Å². The molecule has 1 fully saturated rings. The first-order valence-corrected chi connectivity index (χ1v) is 8.80. The predicted molar refractivity (Wildman–Crippen MR) is 98.5 cm³/mol. The summed E-state index contributed by atoms with van der Waals surface area (Å²) in [6, 6.07) is 19.6. The number of likely N-dealkylation sites (tertiary alicyclic amines) is 1. The van der Waals surface area contributed by atoms with Gasteiger partial charge in [0.1, 0.15) is 0 Å². The molecule has 1 aliphatic heterocycles. The van der Waals surface area contributed by atoms with E-state index in [1.165, 1.54) is 19.3 Å². The summed E-state index contributed by atoms with van der Waals surface area (Å²) in [5.74, 6) is 6.51. The third-order valence-electron chi connectivity index (χ3n) is 4.78. The van der Waals surface area contributed by atoms with E-state index < -0.39 is 5.60 Å². The topological polar surface area (TPSA) is 23.5 Å². The van der Waals surface area contributed by atoms with Gasteiger partial charge >= 0.3 is 0 Å². The molecule has 0 bridgehead atoms. The van der Waals surface area contributed by atoms with Crippen LogP contribution in [0, 0.1) is 11.8 Å². The number of aliphatic hydroxyl groups is 1. The van der Waals surface area contributed by atoms with Crippen LogP contribution in [-0.4, -0.2) is 29.1 Å². The van der Waals surface area contributed by atoms with Crippen molar-refractivity contribution in [3.8, 4) is 11.8 Å². The zero-order valence-corrected chi connectivity index (χ0v) is 14.3. The molecule has 1 aliphatic rings. The SMILES string of the molecule is CC(C#CC(O)(c1ccccc1)c1ccccc1)N1CCCCC1. The maximum absolute atomic E-state index is 11.4. The number of benzene rings is 2. The van der Waals surface area contributed by atoms with Crippen LogP contribution in [0.1, 0.15) is 37.3 Å². The second-order valence-electron chi connectivity index (χ2n) is 6.48. The molecule has 0 aromatic heterocycles. The fourth-order valence-electron chi connectivity index (χ4n) is 3.28. The molecule has 1 saturated heterocycles. The Hall–Kier alpha value is -2.08. The van der Waals surface area contributed by atoms with Gasteiger partial charge in [-0.3, -0.25) is 4.90 Å². The fraction of sp³-hybridized carbons (Fsp3) is 0.364. The Morgan fingerprint density at radius 1 is 0.875 bits per heavy atom. The van der Waals surface area contributed by atoms with Gasteiger partial charge in [-0.05, 0) is 32.9 Å². The van der Waals surface area contributed by atoms with Crippen LogP contribution in [0.2, 0.25) is 0 Å². The molecule has 0 spiro atoms. The van der Waals surface area contributed by atoms with Crippen LogP contribution < -0.4 is 0 Å². The van der Waals surface area contributed by atoms with Crippen LogP contribution in [0.4, 0.5) is 0 Å². The quantitative estimate of drug-likeness (QED) is 0.870. The molecule has 124 valence electrons. The Labute approximate surface area is 145 Å². The van der Waals surface area contributed by atoms with Crippen molar-refractivity contribution in [1.29, 1.82) is 0 Å². The lowest BCUT2D eigenvalue weighted by Gasteiger charge is -2.30. The molecule has 0 amide bonds. The summed E-state index contributed by atoms with van der Waals surface area (Å²) in [6.07, 6.45) is 3.80. The van der Waals surface area contributed by atoms with Crippen LogP contribution in [0.25, 0.3) is 0 Å². The highest BCUT2D eigenvalue weighted by molar-refractivity contribution is 5.44. The van der Waals surface area contributed by atoms with Gasteiger partial charge in [-0.2, -0.15) is 0 Å². The van der Waals surface area contributed by atoms with Crippen molar-refractivity contribution in [3.63, 3.8) is 0 Å². The van der Waals surface area contributed by atoms with E-state index in [4.69, 9.17) is 0 Å². The highest BCUT2D eigenvalue weighted by atomic mass is 16.3. The number of nitrogens with zero attached hydrogens (tertiary/aromatic N) is 1.